The van der Waals surface area contributed by atoms with Crippen LogP contribution in [0.25, 0.3) is 11.1 Å². The van der Waals surface area contributed by atoms with Gasteiger partial charge in [0.15, 0.2) is 0 Å². The molecule has 10 heteroatoms. The van der Waals surface area contributed by atoms with Crippen LogP contribution in [0.4, 0.5) is 11.4 Å². The molecule has 0 spiro atoms. The van der Waals surface area contributed by atoms with Gasteiger partial charge in [-0.05, 0) is 36.8 Å². The van der Waals surface area contributed by atoms with Crippen molar-refractivity contribution in [2.24, 2.45) is 11.8 Å². The second-order valence-electron chi connectivity index (χ2n) is 9.96. The van der Waals surface area contributed by atoms with Crippen LogP contribution in [-0.2, 0) is 19.2 Å². The number of benzene rings is 2. The number of hydrogen-bond acceptors (Lipinski definition) is 6. The minimum atomic E-state index is -0.902. The molecule has 38 heavy (non-hydrogen) atoms. The molecule has 0 fully saturated rings. The Hall–Kier alpha value is -3.76. The SMILES string of the molecule is CC(C)C[C@H](CO)NC(=O)C(=O)Nc1ccccc1-c1ccccc1NC(=O)C(=O)N[C@@H](CO)CC(C)C. The number of rotatable bonds is 11. The normalized spacial score (nSPS) is 12.5. The van der Waals surface area contributed by atoms with Crippen LogP contribution in [0.3, 0.4) is 0 Å². The fraction of sp³-hybridized carbons (Fsp3) is 0.429. The second-order valence-corrected chi connectivity index (χ2v) is 9.96. The number of amides is 4. The van der Waals surface area contributed by atoms with Crippen molar-refractivity contribution in [2.45, 2.75) is 52.6 Å². The smallest absolute Gasteiger partial charge is 0.313 e. The monoisotopic (exact) mass is 526 g/mol. The summed E-state index contributed by atoms with van der Waals surface area (Å²) in [6, 6.07) is 12.4. The molecule has 0 saturated heterocycles. The van der Waals surface area contributed by atoms with E-state index in [4.69, 9.17) is 0 Å². The van der Waals surface area contributed by atoms with Crippen molar-refractivity contribution in [1.82, 2.24) is 10.6 Å². The van der Waals surface area contributed by atoms with Crippen molar-refractivity contribution in [3.05, 3.63) is 48.5 Å². The number of carbonyl (C=O) groups excluding carboxylic acids is 4. The number of aliphatic hydroxyl groups excluding tert-OH is 2. The molecule has 0 aliphatic rings. The van der Waals surface area contributed by atoms with Crippen LogP contribution in [0.2, 0.25) is 0 Å². The second kappa shape index (κ2) is 14.8. The predicted molar refractivity (Wildman–Crippen MR) is 146 cm³/mol. The molecule has 0 bridgehead atoms. The molecule has 10 nitrogen and oxygen atoms in total. The number of para-hydroxylation sites is 2. The molecule has 0 unspecified atom stereocenters. The van der Waals surface area contributed by atoms with E-state index in [0.717, 1.165) is 0 Å². The van der Waals surface area contributed by atoms with Gasteiger partial charge in [-0.3, -0.25) is 19.2 Å². The minimum Gasteiger partial charge on any atom is -0.394 e. The number of hydrogen-bond donors (Lipinski definition) is 6. The van der Waals surface area contributed by atoms with E-state index in [-0.39, 0.29) is 25.0 Å². The third-order valence-electron chi connectivity index (χ3n) is 5.68. The summed E-state index contributed by atoms with van der Waals surface area (Å²) in [6.45, 7) is 7.21. The Balaban J connectivity index is 2.21. The molecule has 0 heterocycles. The summed E-state index contributed by atoms with van der Waals surface area (Å²) in [5, 5.41) is 29.3. The molecule has 206 valence electrons. The Kier molecular flexibility index (Phi) is 11.9. The molecule has 2 aromatic rings. The molecular formula is C28H38N4O6. The van der Waals surface area contributed by atoms with E-state index in [2.05, 4.69) is 21.3 Å². The van der Waals surface area contributed by atoms with Crippen LogP contribution < -0.4 is 21.3 Å². The third-order valence-corrected chi connectivity index (χ3v) is 5.68. The average Bonchev–Trinajstić information content (AvgIpc) is 2.87. The lowest BCUT2D eigenvalue weighted by Gasteiger charge is -2.19. The van der Waals surface area contributed by atoms with Gasteiger partial charge in [-0.25, -0.2) is 0 Å². The Bertz CT molecular complexity index is 1030. The lowest BCUT2D eigenvalue weighted by atomic mass is 10.0. The van der Waals surface area contributed by atoms with Gasteiger partial charge in [-0.1, -0.05) is 64.1 Å². The molecule has 6 N–H and O–H groups in total. The largest absolute Gasteiger partial charge is 0.394 e. The van der Waals surface area contributed by atoms with Gasteiger partial charge in [-0.15, -0.1) is 0 Å². The van der Waals surface area contributed by atoms with E-state index < -0.39 is 35.7 Å². The maximum Gasteiger partial charge on any atom is 0.313 e. The van der Waals surface area contributed by atoms with Gasteiger partial charge in [0.1, 0.15) is 0 Å². The Labute approximate surface area is 223 Å². The van der Waals surface area contributed by atoms with Gasteiger partial charge < -0.3 is 31.5 Å². The van der Waals surface area contributed by atoms with Crippen molar-refractivity contribution >= 4 is 35.0 Å². The average molecular weight is 527 g/mol. The first-order valence-electron chi connectivity index (χ1n) is 12.7. The highest BCUT2D eigenvalue weighted by Crippen LogP contribution is 2.33. The maximum atomic E-state index is 12.6. The van der Waals surface area contributed by atoms with E-state index in [9.17, 15) is 29.4 Å². The van der Waals surface area contributed by atoms with Crippen molar-refractivity contribution in [2.75, 3.05) is 23.8 Å². The Morgan fingerprint density at radius 1 is 0.605 bits per heavy atom. The number of aliphatic hydroxyl groups is 2. The lowest BCUT2D eigenvalue weighted by Crippen LogP contribution is -2.44. The highest BCUT2D eigenvalue weighted by molar-refractivity contribution is 6.40. The van der Waals surface area contributed by atoms with Crippen LogP contribution in [0.15, 0.2) is 48.5 Å². The minimum absolute atomic E-state index is 0.217. The van der Waals surface area contributed by atoms with Gasteiger partial charge in [0, 0.05) is 22.5 Å². The van der Waals surface area contributed by atoms with Crippen molar-refractivity contribution in [3.63, 3.8) is 0 Å². The lowest BCUT2D eigenvalue weighted by molar-refractivity contribution is -0.136. The summed E-state index contributed by atoms with van der Waals surface area (Å²) < 4.78 is 0. The van der Waals surface area contributed by atoms with Gasteiger partial charge in [0.2, 0.25) is 0 Å². The first kappa shape index (κ1) is 30.5. The predicted octanol–water partition coefficient (Wildman–Crippen LogP) is 2.28. The van der Waals surface area contributed by atoms with Gasteiger partial charge in [-0.2, -0.15) is 0 Å². The van der Waals surface area contributed by atoms with Crippen LogP contribution in [-0.4, -0.2) is 59.1 Å². The van der Waals surface area contributed by atoms with Crippen LogP contribution in [0.1, 0.15) is 40.5 Å². The zero-order chi connectivity index (χ0) is 28.2. The van der Waals surface area contributed by atoms with Crippen molar-refractivity contribution < 1.29 is 29.4 Å². The molecule has 0 aliphatic heterocycles. The van der Waals surface area contributed by atoms with E-state index in [1.807, 2.05) is 27.7 Å². The standard InChI is InChI=1S/C28H38N4O6/c1-17(2)13-19(15-33)29-25(35)27(37)31-23-11-7-5-9-21(23)22-10-6-8-12-24(22)32-28(38)26(36)30-20(16-34)14-18(3)4/h5-12,17-20,33-34H,13-16H2,1-4H3,(H,29,35)(H,30,36)(H,31,37)(H,32,38)/t19-,20-/m1/s1. The van der Waals surface area contributed by atoms with E-state index in [1.54, 1.807) is 48.5 Å². The zero-order valence-electron chi connectivity index (χ0n) is 22.3. The summed E-state index contributed by atoms with van der Waals surface area (Å²) in [5.74, 6) is -3.12. The molecule has 0 aliphatic carbocycles. The quantitative estimate of drug-likeness (QED) is 0.247. The first-order valence-corrected chi connectivity index (χ1v) is 12.7. The fourth-order valence-electron chi connectivity index (χ4n) is 4.01. The van der Waals surface area contributed by atoms with Crippen LogP contribution in [0.5, 0.6) is 0 Å². The van der Waals surface area contributed by atoms with Crippen molar-refractivity contribution in [1.29, 1.82) is 0 Å². The maximum absolute atomic E-state index is 12.6. The summed E-state index contributed by atoms with van der Waals surface area (Å²) >= 11 is 0. The van der Waals surface area contributed by atoms with Crippen LogP contribution >= 0.6 is 0 Å². The summed E-state index contributed by atoms with van der Waals surface area (Å²) in [7, 11) is 0. The summed E-state index contributed by atoms with van der Waals surface area (Å²) in [5.41, 5.74) is 1.67. The van der Waals surface area contributed by atoms with E-state index >= 15 is 0 Å². The number of carbonyl (C=O) groups is 4. The Morgan fingerprint density at radius 2 is 0.947 bits per heavy atom. The van der Waals surface area contributed by atoms with Gasteiger partial charge in [0.25, 0.3) is 0 Å². The summed E-state index contributed by atoms with van der Waals surface area (Å²) in [4.78, 5) is 50.2. The fourth-order valence-corrected chi connectivity index (χ4v) is 4.01. The molecule has 2 atom stereocenters. The van der Waals surface area contributed by atoms with E-state index in [1.165, 1.54) is 0 Å². The topological polar surface area (TPSA) is 157 Å². The highest BCUT2D eigenvalue weighted by Gasteiger charge is 2.23. The van der Waals surface area contributed by atoms with E-state index in [0.29, 0.717) is 35.3 Å². The molecule has 4 amide bonds. The van der Waals surface area contributed by atoms with Gasteiger partial charge in [0.05, 0.1) is 25.3 Å². The van der Waals surface area contributed by atoms with Crippen LogP contribution in [0, 0.1) is 11.8 Å². The molecule has 0 aromatic heterocycles. The number of nitrogens with one attached hydrogen (secondary N) is 4. The molecule has 2 rings (SSSR count). The highest BCUT2D eigenvalue weighted by atomic mass is 16.3. The molecule has 0 saturated carbocycles. The Morgan fingerprint density at radius 3 is 1.26 bits per heavy atom. The third kappa shape index (κ3) is 9.28. The molecular weight excluding hydrogens is 488 g/mol. The number of anilines is 2. The molecule has 0 radical (unpaired) electrons. The summed E-state index contributed by atoms with van der Waals surface area (Å²) in [6.07, 6.45) is 1.03. The molecule has 2 aromatic carbocycles. The zero-order valence-corrected chi connectivity index (χ0v) is 22.3. The first-order chi connectivity index (χ1) is 18.0. The van der Waals surface area contributed by atoms with Gasteiger partial charge >= 0.3 is 23.6 Å². The van der Waals surface area contributed by atoms with Crippen molar-refractivity contribution in [3.8, 4) is 11.1 Å².